The second-order valence-electron chi connectivity index (χ2n) is 4.24. The minimum absolute atomic E-state index is 0.0841. The number of alkyl halides is 1. The van der Waals surface area contributed by atoms with E-state index in [2.05, 4.69) is 28.9 Å². The minimum atomic E-state index is -0.0841. The Morgan fingerprint density at radius 1 is 1.11 bits per heavy atom. The molecule has 0 heterocycles. The molecular formula is C15H13BrCl2. The third-order valence-electron chi connectivity index (χ3n) is 2.92. The van der Waals surface area contributed by atoms with Crippen molar-refractivity contribution in [2.24, 2.45) is 0 Å². The van der Waals surface area contributed by atoms with Gasteiger partial charge in [0.15, 0.2) is 0 Å². The molecule has 1 unspecified atom stereocenters. The first-order chi connectivity index (χ1) is 8.59. The number of rotatable bonds is 3. The van der Waals surface area contributed by atoms with E-state index in [1.807, 2.05) is 36.4 Å². The monoisotopic (exact) mass is 342 g/mol. The summed E-state index contributed by atoms with van der Waals surface area (Å²) in [5.41, 5.74) is 3.38. The van der Waals surface area contributed by atoms with Crippen molar-refractivity contribution in [1.82, 2.24) is 0 Å². The van der Waals surface area contributed by atoms with Crippen molar-refractivity contribution in [1.29, 1.82) is 0 Å². The molecule has 0 fully saturated rings. The predicted molar refractivity (Wildman–Crippen MR) is 82.6 cm³/mol. The number of hydrogen-bond donors (Lipinski definition) is 0. The zero-order valence-electron chi connectivity index (χ0n) is 9.96. The summed E-state index contributed by atoms with van der Waals surface area (Å²) in [5.74, 6) is 0. The van der Waals surface area contributed by atoms with Crippen molar-refractivity contribution < 1.29 is 0 Å². The van der Waals surface area contributed by atoms with E-state index < -0.39 is 0 Å². The normalized spacial score (nSPS) is 12.4. The van der Waals surface area contributed by atoms with Gasteiger partial charge in [-0.15, -0.1) is 11.6 Å². The lowest BCUT2D eigenvalue weighted by atomic mass is 10.0. The summed E-state index contributed by atoms with van der Waals surface area (Å²) in [5, 5.41) is 0.686. The van der Waals surface area contributed by atoms with Crippen LogP contribution in [0.5, 0.6) is 0 Å². The Labute approximate surface area is 126 Å². The largest absolute Gasteiger partial charge is 0.117 e. The second-order valence-corrected chi connectivity index (χ2v) is 5.97. The van der Waals surface area contributed by atoms with Crippen LogP contribution in [0.25, 0.3) is 0 Å². The standard InChI is InChI=1S/C15H13BrCl2/c1-10-5-4-7-12(15(10)16)14(18)9-11-6-2-3-8-13(11)17/h2-8,14H,9H2,1H3. The maximum atomic E-state index is 6.50. The fraction of sp³-hybridized carbons (Fsp3) is 0.200. The highest BCUT2D eigenvalue weighted by Gasteiger charge is 2.14. The van der Waals surface area contributed by atoms with Crippen LogP contribution >= 0.6 is 39.1 Å². The lowest BCUT2D eigenvalue weighted by Crippen LogP contribution is -1.98. The lowest BCUT2D eigenvalue weighted by molar-refractivity contribution is 0.912. The van der Waals surface area contributed by atoms with Gasteiger partial charge in [-0.3, -0.25) is 0 Å². The Balaban J connectivity index is 2.25. The predicted octanol–water partition coefficient (Wildman–Crippen LogP) is 5.93. The number of hydrogen-bond acceptors (Lipinski definition) is 0. The first-order valence-corrected chi connectivity index (χ1v) is 7.33. The molecule has 0 radical (unpaired) electrons. The van der Waals surface area contributed by atoms with Crippen molar-refractivity contribution in [3.05, 3.63) is 68.7 Å². The highest BCUT2D eigenvalue weighted by Crippen LogP contribution is 2.34. The van der Waals surface area contributed by atoms with Gasteiger partial charge in [0.25, 0.3) is 0 Å². The van der Waals surface area contributed by atoms with Gasteiger partial charge < -0.3 is 0 Å². The Hall–Kier alpha value is -0.500. The molecule has 2 rings (SSSR count). The van der Waals surface area contributed by atoms with E-state index in [0.717, 1.165) is 27.0 Å². The molecule has 94 valence electrons. The van der Waals surface area contributed by atoms with Gasteiger partial charge in [-0.05, 0) is 36.1 Å². The first kappa shape index (κ1) is 13.9. The van der Waals surface area contributed by atoms with Crippen LogP contribution in [0.2, 0.25) is 5.02 Å². The molecular weight excluding hydrogens is 331 g/mol. The van der Waals surface area contributed by atoms with Crippen molar-refractivity contribution in [3.63, 3.8) is 0 Å². The fourth-order valence-electron chi connectivity index (χ4n) is 1.88. The number of aryl methyl sites for hydroxylation is 1. The third kappa shape index (κ3) is 3.09. The molecule has 0 nitrogen and oxygen atoms in total. The smallest absolute Gasteiger partial charge is 0.0637 e. The quantitative estimate of drug-likeness (QED) is 0.605. The molecule has 0 saturated heterocycles. The average molecular weight is 344 g/mol. The van der Waals surface area contributed by atoms with Crippen LogP contribution in [0.1, 0.15) is 22.1 Å². The van der Waals surface area contributed by atoms with E-state index in [4.69, 9.17) is 23.2 Å². The highest BCUT2D eigenvalue weighted by atomic mass is 79.9. The van der Waals surface area contributed by atoms with E-state index in [9.17, 15) is 0 Å². The summed E-state index contributed by atoms with van der Waals surface area (Å²) in [6, 6.07) is 14.0. The summed E-state index contributed by atoms with van der Waals surface area (Å²) in [7, 11) is 0. The Morgan fingerprint density at radius 3 is 2.56 bits per heavy atom. The molecule has 0 amide bonds. The zero-order chi connectivity index (χ0) is 13.1. The van der Waals surface area contributed by atoms with Crippen LogP contribution in [-0.4, -0.2) is 0 Å². The summed E-state index contributed by atoms with van der Waals surface area (Å²) in [4.78, 5) is 0. The Kier molecular flexibility index (Phi) is 4.71. The van der Waals surface area contributed by atoms with Gasteiger partial charge >= 0.3 is 0 Å². The third-order valence-corrected chi connectivity index (χ3v) is 4.76. The maximum Gasteiger partial charge on any atom is 0.0637 e. The van der Waals surface area contributed by atoms with E-state index in [-0.39, 0.29) is 5.38 Å². The van der Waals surface area contributed by atoms with Gasteiger partial charge in [0, 0.05) is 9.50 Å². The van der Waals surface area contributed by atoms with E-state index in [1.165, 1.54) is 5.56 Å². The molecule has 0 aliphatic heterocycles. The molecule has 0 bridgehead atoms. The number of halogens is 3. The van der Waals surface area contributed by atoms with Crippen LogP contribution in [0.3, 0.4) is 0 Å². The molecule has 1 atom stereocenters. The summed E-state index contributed by atoms with van der Waals surface area (Å²) < 4.78 is 1.08. The first-order valence-electron chi connectivity index (χ1n) is 5.72. The van der Waals surface area contributed by atoms with Crippen LogP contribution < -0.4 is 0 Å². The fourth-order valence-corrected chi connectivity index (χ4v) is 3.11. The average Bonchev–Trinajstić information content (AvgIpc) is 2.35. The van der Waals surface area contributed by atoms with Crippen molar-refractivity contribution in [2.75, 3.05) is 0 Å². The zero-order valence-corrected chi connectivity index (χ0v) is 13.1. The molecule has 0 saturated carbocycles. The van der Waals surface area contributed by atoms with Gasteiger partial charge in [-0.1, -0.05) is 63.9 Å². The van der Waals surface area contributed by atoms with Crippen molar-refractivity contribution in [3.8, 4) is 0 Å². The minimum Gasteiger partial charge on any atom is -0.117 e. The van der Waals surface area contributed by atoms with E-state index >= 15 is 0 Å². The van der Waals surface area contributed by atoms with Gasteiger partial charge in [-0.2, -0.15) is 0 Å². The molecule has 18 heavy (non-hydrogen) atoms. The maximum absolute atomic E-state index is 6.50. The van der Waals surface area contributed by atoms with Gasteiger partial charge in [0.05, 0.1) is 5.38 Å². The molecule has 0 N–H and O–H groups in total. The van der Waals surface area contributed by atoms with Gasteiger partial charge in [0.2, 0.25) is 0 Å². The van der Waals surface area contributed by atoms with Crippen molar-refractivity contribution in [2.45, 2.75) is 18.7 Å². The van der Waals surface area contributed by atoms with Crippen molar-refractivity contribution >= 4 is 39.1 Å². The number of benzene rings is 2. The molecule has 2 aromatic carbocycles. The van der Waals surface area contributed by atoms with Crippen LogP contribution in [-0.2, 0) is 6.42 Å². The topological polar surface area (TPSA) is 0 Å². The van der Waals surface area contributed by atoms with Crippen LogP contribution in [0.15, 0.2) is 46.9 Å². The molecule has 0 aliphatic carbocycles. The lowest BCUT2D eigenvalue weighted by Gasteiger charge is -2.14. The Bertz CT molecular complexity index is 552. The summed E-state index contributed by atoms with van der Waals surface area (Å²) >= 11 is 16.3. The SMILES string of the molecule is Cc1cccc(C(Cl)Cc2ccccc2Cl)c1Br. The van der Waals surface area contributed by atoms with E-state index in [1.54, 1.807) is 0 Å². The molecule has 0 aromatic heterocycles. The van der Waals surface area contributed by atoms with Crippen LogP contribution in [0, 0.1) is 6.92 Å². The van der Waals surface area contributed by atoms with Gasteiger partial charge in [-0.25, -0.2) is 0 Å². The molecule has 0 aliphatic rings. The molecule has 0 spiro atoms. The van der Waals surface area contributed by atoms with Crippen LogP contribution in [0.4, 0.5) is 0 Å². The van der Waals surface area contributed by atoms with E-state index in [0.29, 0.717) is 0 Å². The summed E-state index contributed by atoms with van der Waals surface area (Å²) in [6.07, 6.45) is 0.725. The van der Waals surface area contributed by atoms with Gasteiger partial charge in [0.1, 0.15) is 0 Å². The molecule has 3 heteroatoms. The highest BCUT2D eigenvalue weighted by molar-refractivity contribution is 9.10. The second kappa shape index (κ2) is 6.10. The molecule has 2 aromatic rings. The summed E-state index contributed by atoms with van der Waals surface area (Å²) in [6.45, 7) is 2.06. The Morgan fingerprint density at radius 2 is 1.83 bits per heavy atom.